The Bertz CT molecular complexity index is 2670. The number of nitrogens with zero attached hydrogens (tertiary/aromatic N) is 7. The summed E-state index contributed by atoms with van der Waals surface area (Å²) in [6, 6.07) is 25.7. The quantitative estimate of drug-likeness (QED) is 0.196. The molecule has 3 aromatic carbocycles. The third-order valence-corrected chi connectivity index (χ3v) is 18.5. The number of aliphatic imine (C=N–C) groups is 5. The molecule has 0 amide bonds. The summed E-state index contributed by atoms with van der Waals surface area (Å²) in [5.74, 6) is 7.93. The molecule has 2 saturated carbocycles. The van der Waals surface area contributed by atoms with Crippen LogP contribution in [0.5, 0.6) is 0 Å². The van der Waals surface area contributed by atoms with Crippen LogP contribution in [-0.4, -0.2) is 60.1 Å². The van der Waals surface area contributed by atoms with Gasteiger partial charge in [0, 0.05) is 57.4 Å². The van der Waals surface area contributed by atoms with Gasteiger partial charge in [0.1, 0.15) is 29.5 Å². The molecule has 3 aliphatic carbocycles. The Hall–Kier alpha value is -5.23. The molecule has 310 valence electrons. The average Bonchev–Trinajstić information content (AvgIpc) is 3.99. The molecular weight excluding hydrogens is 773 g/mol. The van der Waals surface area contributed by atoms with Crippen LogP contribution in [0.15, 0.2) is 121 Å². The molecule has 10 nitrogen and oxygen atoms in total. The topological polar surface area (TPSA) is 100 Å². The number of aromatic nitrogens is 1. The van der Waals surface area contributed by atoms with Crippen molar-refractivity contribution in [2.24, 2.45) is 60.5 Å². The number of nitrogens with one attached hydrogen (secondary N) is 1. The minimum atomic E-state index is -4.09. The first kappa shape index (κ1) is 37.5. The zero-order valence-corrected chi connectivity index (χ0v) is 36.6. The van der Waals surface area contributed by atoms with E-state index in [1.165, 1.54) is 38.5 Å². The van der Waals surface area contributed by atoms with Crippen LogP contribution in [0.2, 0.25) is 0 Å². The molecule has 1 aromatic heterocycles. The number of rotatable bonds is 6. The maximum Gasteiger partial charge on any atom is 0.599 e. The highest BCUT2D eigenvalue weighted by Crippen LogP contribution is 2.50. The van der Waals surface area contributed by atoms with E-state index in [9.17, 15) is 0 Å². The SMILES string of the molecule is CC1CCCC(C)C1CO[Si]1(OCC2C(C)CCCC2C)N2/C3=N\C4=NC(=N\c5c6ccccc6c(n51)/N=C1\N=C(NC2c2ccccc23)c2ccccc21)/C1=C4C=CCC1. The lowest BCUT2D eigenvalue weighted by Crippen LogP contribution is -2.68. The molecule has 1 N–H and O–H groups in total. The summed E-state index contributed by atoms with van der Waals surface area (Å²) in [6.45, 7) is 10.8. The summed E-state index contributed by atoms with van der Waals surface area (Å²) in [4.78, 5) is 27.8. The largest absolute Gasteiger partial charge is 0.599 e. The van der Waals surface area contributed by atoms with Crippen molar-refractivity contribution >= 4 is 60.5 Å². The number of hydrogen-bond acceptors (Lipinski definition) is 9. The Morgan fingerprint density at radius 3 is 1.90 bits per heavy atom. The molecule has 4 aromatic rings. The molecule has 61 heavy (non-hydrogen) atoms. The van der Waals surface area contributed by atoms with Gasteiger partial charge < -0.3 is 14.2 Å². The molecule has 0 saturated heterocycles. The molecule has 5 aliphatic heterocycles. The normalized spacial score (nSPS) is 33.3. The number of benzene rings is 3. The molecular formula is C50H54N8O2Si. The highest BCUT2D eigenvalue weighted by Gasteiger charge is 2.62. The van der Waals surface area contributed by atoms with Gasteiger partial charge in [0.25, 0.3) is 0 Å². The zero-order chi connectivity index (χ0) is 41.0. The fourth-order valence-corrected chi connectivity index (χ4v) is 15.3. The monoisotopic (exact) mass is 826 g/mol. The third-order valence-electron chi connectivity index (χ3n) is 15.3. The first-order valence-corrected chi connectivity index (χ1v) is 24.6. The van der Waals surface area contributed by atoms with E-state index in [1.54, 1.807) is 0 Å². The molecule has 6 heterocycles. The van der Waals surface area contributed by atoms with E-state index >= 15 is 0 Å². The van der Waals surface area contributed by atoms with Crippen LogP contribution in [0.25, 0.3) is 10.8 Å². The van der Waals surface area contributed by atoms with Crippen molar-refractivity contribution in [2.45, 2.75) is 85.2 Å². The molecule has 0 spiro atoms. The van der Waals surface area contributed by atoms with Gasteiger partial charge in [-0.1, -0.05) is 151 Å². The molecule has 5 unspecified atom stereocenters. The Kier molecular flexibility index (Phi) is 8.87. The van der Waals surface area contributed by atoms with Crippen LogP contribution in [0.3, 0.4) is 0 Å². The first-order chi connectivity index (χ1) is 29.9. The molecule has 12 rings (SSSR count). The molecule has 2 fully saturated rings. The standard InChI is InChI=1S/C50H54N8O2Si/c1-29-15-13-16-30(2)41(29)27-59-61(60-28-42-31(3)17-14-18-32(42)4)57-47-37-23-9-10-24-38(37)49(57)55-45-35-21-7-8-22-36(35)46(52-45)56-50-40-26-12-11-25-39(40)48(58(50)61)54-44-34-20-6-5-19-33(34)43(51-44)53-47/h5-7,9-12,19-21,23-26,29-32,41-42,47H,8,13-18,22,27-28H2,1-4H3,(H,51,53,54)/b55-49-,56-46-. The van der Waals surface area contributed by atoms with E-state index in [4.69, 9.17) is 33.8 Å². The molecule has 8 aliphatic rings. The van der Waals surface area contributed by atoms with Gasteiger partial charge in [-0.3, -0.25) is 8.80 Å². The smallest absolute Gasteiger partial charge is 0.361 e. The second kappa shape index (κ2) is 14.4. The van der Waals surface area contributed by atoms with E-state index in [0.29, 0.717) is 66.2 Å². The van der Waals surface area contributed by atoms with Crippen molar-refractivity contribution in [3.63, 3.8) is 0 Å². The second-order valence-corrected chi connectivity index (χ2v) is 21.5. The van der Waals surface area contributed by atoms with Crippen LogP contribution in [0.4, 0.5) is 11.6 Å². The maximum absolute atomic E-state index is 8.11. The summed E-state index contributed by atoms with van der Waals surface area (Å²) in [6.07, 6.45) is 13.1. The van der Waals surface area contributed by atoms with Gasteiger partial charge in [-0.05, 0) is 48.3 Å². The van der Waals surface area contributed by atoms with Gasteiger partial charge in [0.15, 0.2) is 17.5 Å². The lowest BCUT2D eigenvalue weighted by Gasteiger charge is -2.46. The molecule has 6 bridgehead atoms. The fourth-order valence-electron chi connectivity index (χ4n) is 11.8. The predicted octanol–water partition coefficient (Wildman–Crippen LogP) is 10.4. The highest BCUT2D eigenvalue weighted by molar-refractivity contribution is 6.68. The lowest BCUT2D eigenvalue weighted by molar-refractivity contribution is 0.0264. The first-order valence-electron chi connectivity index (χ1n) is 22.9. The van der Waals surface area contributed by atoms with Crippen LogP contribution >= 0.6 is 0 Å². The Balaban J connectivity index is 1.22. The summed E-state index contributed by atoms with van der Waals surface area (Å²) in [5, 5.41) is 6.01. The zero-order valence-electron chi connectivity index (χ0n) is 35.6. The van der Waals surface area contributed by atoms with Gasteiger partial charge >= 0.3 is 8.88 Å². The van der Waals surface area contributed by atoms with Gasteiger partial charge in [-0.15, -0.1) is 0 Å². The summed E-state index contributed by atoms with van der Waals surface area (Å²) in [7, 11) is -4.09. The van der Waals surface area contributed by atoms with Crippen molar-refractivity contribution in [3.8, 4) is 0 Å². The molecule has 11 heteroatoms. The van der Waals surface area contributed by atoms with Crippen molar-refractivity contribution in [1.29, 1.82) is 0 Å². The van der Waals surface area contributed by atoms with Crippen molar-refractivity contribution in [3.05, 3.63) is 118 Å². The van der Waals surface area contributed by atoms with Gasteiger partial charge in [0.05, 0.1) is 0 Å². The van der Waals surface area contributed by atoms with E-state index in [-0.39, 0.29) is 0 Å². The van der Waals surface area contributed by atoms with E-state index in [1.807, 2.05) is 0 Å². The third kappa shape index (κ3) is 5.76. The maximum atomic E-state index is 8.11. The average molecular weight is 827 g/mol. The van der Waals surface area contributed by atoms with E-state index in [0.717, 1.165) is 80.3 Å². The summed E-state index contributed by atoms with van der Waals surface area (Å²) >= 11 is 0. The van der Waals surface area contributed by atoms with Crippen LogP contribution in [0, 0.1) is 35.5 Å². The number of hydrogen-bond donors (Lipinski definition) is 1. The second-order valence-electron chi connectivity index (χ2n) is 18.9. The summed E-state index contributed by atoms with van der Waals surface area (Å²) < 4.78 is 21.0. The van der Waals surface area contributed by atoms with E-state index in [2.05, 4.69) is 127 Å². The van der Waals surface area contributed by atoms with Crippen LogP contribution < -0.4 is 5.32 Å². The number of amidine groups is 5. The lowest BCUT2D eigenvalue weighted by atomic mass is 9.74. The minimum absolute atomic E-state index is 0.355. The number of allylic oxidation sites excluding steroid dienone is 1. The van der Waals surface area contributed by atoms with Crippen LogP contribution in [-0.2, 0) is 8.85 Å². The Morgan fingerprint density at radius 1 is 0.639 bits per heavy atom. The Morgan fingerprint density at radius 2 is 1.23 bits per heavy atom. The highest BCUT2D eigenvalue weighted by atomic mass is 28.4. The minimum Gasteiger partial charge on any atom is -0.361 e. The van der Waals surface area contributed by atoms with Gasteiger partial charge in [-0.2, -0.15) is 0 Å². The van der Waals surface area contributed by atoms with Gasteiger partial charge in [-0.25, -0.2) is 25.0 Å². The molecule has 5 atom stereocenters. The van der Waals surface area contributed by atoms with Crippen molar-refractivity contribution in [1.82, 2.24) is 14.1 Å². The van der Waals surface area contributed by atoms with Crippen molar-refractivity contribution < 1.29 is 8.85 Å². The van der Waals surface area contributed by atoms with Crippen molar-refractivity contribution in [2.75, 3.05) is 13.2 Å². The van der Waals surface area contributed by atoms with Gasteiger partial charge in [0.2, 0.25) is 0 Å². The van der Waals surface area contributed by atoms with E-state index < -0.39 is 15.0 Å². The predicted molar refractivity (Wildman–Crippen MR) is 246 cm³/mol. The molecule has 0 radical (unpaired) electrons. The van der Waals surface area contributed by atoms with Crippen LogP contribution in [0.1, 0.15) is 107 Å². The fraction of sp³-hybridized carbons (Fsp3) is 0.420. The Labute approximate surface area is 359 Å². The number of fused-ring (bicyclic) bond motifs is 13. The summed E-state index contributed by atoms with van der Waals surface area (Å²) in [5.41, 5.74) is 6.32.